The molecule has 16 nitrogen and oxygen atoms in total. The van der Waals surface area contributed by atoms with Gasteiger partial charge in [-0.25, -0.2) is 13.9 Å². The number of hydrogen-bond donors (Lipinski definition) is 10. The van der Waals surface area contributed by atoms with Crippen LogP contribution in [0.25, 0.3) is 0 Å². The Bertz CT molecular complexity index is 737. The van der Waals surface area contributed by atoms with Crippen molar-refractivity contribution in [2.45, 2.75) is 31.0 Å². The summed E-state index contributed by atoms with van der Waals surface area (Å²) in [4.78, 5) is 58.1. The minimum absolute atomic E-state index is 0. The van der Waals surface area contributed by atoms with E-state index in [1.165, 1.54) is 16.8 Å². The predicted octanol–water partition coefficient (Wildman–Crippen LogP) is -7.43. The molecule has 2 rings (SSSR count). The molecule has 11 N–H and O–H groups in total. The minimum Gasteiger partial charge on any atom is -1.00 e. The van der Waals surface area contributed by atoms with Crippen LogP contribution in [0.3, 0.4) is 0 Å². The Labute approximate surface area is 186 Å². The molecule has 0 bridgehead atoms. The number of rotatable bonds is 3. The summed E-state index contributed by atoms with van der Waals surface area (Å²) in [6.07, 6.45) is -2.52. The quantitative estimate of drug-likeness (QED) is 0.143. The first-order chi connectivity index (χ1) is 12.5. The number of phosphoric acid groups is 2. The zero-order chi connectivity index (χ0) is 22.3. The molecule has 29 heavy (non-hydrogen) atoms. The van der Waals surface area contributed by atoms with Gasteiger partial charge in [0.2, 0.25) is 0 Å². The van der Waals surface area contributed by atoms with E-state index in [9.17, 15) is 15.0 Å². The van der Waals surface area contributed by atoms with E-state index in [1.807, 2.05) is 0 Å². The maximum absolute atomic E-state index is 11.5. The Kier molecular flexibility index (Phi) is 14.1. The molecule has 1 aromatic heterocycles. The van der Waals surface area contributed by atoms with Crippen LogP contribution in [0.2, 0.25) is 0 Å². The molecule has 0 saturated carbocycles. The average Bonchev–Trinajstić information content (AvgIpc) is 2.74. The second-order valence-corrected chi connectivity index (χ2v) is 7.24. The Hall–Kier alpha value is -0.260. The van der Waals surface area contributed by atoms with E-state index in [-0.39, 0.29) is 43.3 Å². The van der Waals surface area contributed by atoms with Gasteiger partial charge in [-0.2, -0.15) is 4.98 Å². The van der Waals surface area contributed by atoms with Gasteiger partial charge in [0, 0.05) is 6.20 Å². The van der Waals surface area contributed by atoms with Gasteiger partial charge in [-0.15, -0.1) is 0 Å². The zero-order valence-electron chi connectivity index (χ0n) is 15.9. The van der Waals surface area contributed by atoms with Gasteiger partial charge in [0.25, 0.3) is 0 Å². The van der Waals surface area contributed by atoms with Gasteiger partial charge >= 0.3 is 50.9 Å². The molecule has 1 fully saturated rings. The third-order valence-electron chi connectivity index (χ3n) is 2.91. The molecule has 2 heterocycles. The second-order valence-electron chi connectivity index (χ2n) is 5.19. The summed E-state index contributed by atoms with van der Waals surface area (Å²) in [5.41, 5.74) is 4.79. The zero-order valence-corrected chi connectivity index (χ0v) is 18.7. The molecule has 1 aliphatic rings. The van der Waals surface area contributed by atoms with Crippen molar-refractivity contribution in [3.63, 3.8) is 0 Å². The Balaban J connectivity index is -0.000000514. The van der Waals surface area contributed by atoms with Crippen LogP contribution in [0.5, 0.6) is 0 Å². The number of anilines is 1. The fourth-order valence-electron chi connectivity index (χ4n) is 1.90. The summed E-state index contributed by atoms with van der Waals surface area (Å²) in [5, 5.41) is 28.2. The van der Waals surface area contributed by atoms with Crippen molar-refractivity contribution in [2.75, 3.05) is 12.3 Å². The Morgan fingerprint density at radius 2 is 1.48 bits per heavy atom. The number of nitrogens with zero attached hydrogens (tertiary/aromatic N) is 2. The van der Waals surface area contributed by atoms with Gasteiger partial charge in [0.05, 0.1) is 13.2 Å². The van der Waals surface area contributed by atoms with E-state index < -0.39 is 52.4 Å². The van der Waals surface area contributed by atoms with Gasteiger partial charge in [0.15, 0.2) is 0 Å². The maximum Gasteiger partial charge on any atom is 1.00 e. The smallest absolute Gasteiger partial charge is 1.00 e. The number of aliphatic hydroxyl groups is 3. The molecule has 19 heteroatoms. The molecule has 0 aromatic carbocycles. The van der Waals surface area contributed by atoms with Crippen molar-refractivity contribution in [1.82, 2.24) is 9.55 Å². The molecule has 1 aliphatic heterocycles. The van der Waals surface area contributed by atoms with Crippen molar-refractivity contribution < 1.29 is 89.5 Å². The summed E-state index contributed by atoms with van der Waals surface area (Å²) >= 11 is 0. The number of nitrogen functional groups attached to an aromatic ring is 1. The van der Waals surface area contributed by atoms with Gasteiger partial charge < -0.3 is 56.6 Å². The first-order valence-corrected chi connectivity index (χ1v) is 10.2. The molecule has 166 valence electrons. The molecular weight excluding hydrogens is 455 g/mol. The summed E-state index contributed by atoms with van der Waals surface area (Å²) in [7, 11) is -9.28. The molecule has 0 radical (unpaired) electrons. The van der Waals surface area contributed by atoms with Crippen molar-refractivity contribution in [2.24, 2.45) is 0 Å². The third-order valence-corrected chi connectivity index (χ3v) is 2.91. The topological polar surface area (TPSA) is 286 Å². The van der Waals surface area contributed by atoms with Crippen molar-refractivity contribution in [1.29, 1.82) is 0 Å². The fourth-order valence-corrected chi connectivity index (χ4v) is 1.90. The number of ether oxygens (including phenoxy) is 1. The fraction of sp³-hybridized carbons (Fsp3) is 0.600. The first kappa shape index (κ1) is 30.9. The van der Waals surface area contributed by atoms with E-state index >= 15 is 0 Å². The van der Waals surface area contributed by atoms with E-state index in [2.05, 4.69) is 4.98 Å². The van der Waals surface area contributed by atoms with Gasteiger partial charge in [-0.05, 0) is 6.07 Å². The molecule has 0 unspecified atom stereocenters. The third kappa shape index (κ3) is 15.2. The summed E-state index contributed by atoms with van der Waals surface area (Å²) in [5.74, 6) is 0.109. The molecule has 0 spiro atoms. The average molecular weight is 477 g/mol. The number of hydrogen-bond acceptors (Lipinski definition) is 9. The van der Waals surface area contributed by atoms with Gasteiger partial charge in [0.1, 0.15) is 30.2 Å². The Morgan fingerprint density at radius 1 is 1.07 bits per heavy atom. The largest absolute Gasteiger partial charge is 1.00 e. The summed E-state index contributed by atoms with van der Waals surface area (Å²) in [6, 6.07) is 1.45. The molecule has 1 saturated heterocycles. The van der Waals surface area contributed by atoms with Crippen LogP contribution < -0.4 is 41.0 Å². The SMILES string of the molecule is Nc1ccn(C[C@@H]2O[C@H](CO)[C@@H](O)[C@H]2O)c(=O)n1.O=P(O)(O)O.O=P(O)(O)O.[H-].[Na+]. The van der Waals surface area contributed by atoms with Crippen LogP contribution in [0.15, 0.2) is 17.1 Å². The van der Waals surface area contributed by atoms with E-state index in [4.69, 9.17) is 54.1 Å². The van der Waals surface area contributed by atoms with Crippen molar-refractivity contribution in [3.8, 4) is 0 Å². The summed E-state index contributed by atoms with van der Waals surface area (Å²) in [6.45, 7) is -0.371. The van der Waals surface area contributed by atoms with Gasteiger partial charge in [-0.1, -0.05) is 0 Å². The molecule has 0 amide bonds. The van der Waals surface area contributed by atoms with Gasteiger partial charge in [-0.3, -0.25) is 4.57 Å². The van der Waals surface area contributed by atoms with Crippen LogP contribution in [-0.2, 0) is 20.4 Å². The number of aromatic nitrogens is 2. The van der Waals surface area contributed by atoms with E-state index in [0.717, 1.165) is 0 Å². The minimum atomic E-state index is -4.64. The van der Waals surface area contributed by atoms with Crippen LogP contribution >= 0.6 is 15.6 Å². The molecule has 4 atom stereocenters. The van der Waals surface area contributed by atoms with Crippen molar-refractivity contribution in [3.05, 3.63) is 22.7 Å². The normalized spacial score (nSPS) is 23.8. The molecule has 0 aliphatic carbocycles. The van der Waals surface area contributed by atoms with E-state index in [0.29, 0.717) is 0 Å². The number of nitrogens with two attached hydrogens (primary N) is 1. The maximum atomic E-state index is 11.5. The summed E-state index contributed by atoms with van der Waals surface area (Å²) < 4.78 is 24.2. The van der Waals surface area contributed by atoms with Crippen LogP contribution in [0, 0.1) is 0 Å². The monoisotopic (exact) mass is 477 g/mol. The van der Waals surface area contributed by atoms with Crippen molar-refractivity contribution >= 4 is 21.5 Å². The Morgan fingerprint density at radius 3 is 1.83 bits per heavy atom. The molecular formula is C10H22N3NaO13P2. The standard InChI is InChI=1S/C10H15N3O5.Na.2H3O4P.H/c11-7-1-2-13(10(17)12-7)3-5-8(15)9(16)6(4-14)18-5;;2*1-5(2,3)4;/h1-2,5-6,8-9,14-16H,3-4H2,(H2,11,12,17);;2*(H3,1,2,3,4);/q;+1;;;-1/t5-,6+,8-,9+;;;;/m0..../s1. The predicted molar refractivity (Wildman–Crippen MR) is 90.3 cm³/mol. The van der Waals surface area contributed by atoms with Crippen LogP contribution in [0.4, 0.5) is 5.82 Å². The van der Waals surface area contributed by atoms with E-state index in [1.54, 1.807) is 0 Å². The van der Waals surface area contributed by atoms with Crippen LogP contribution in [0.1, 0.15) is 1.43 Å². The first-order valence-electron chi connectivity index (χ1n) is 7.05. The second kappa shape index (κ2) is 13.2. The molecule has 1 aromatic rings. The number of aliphatic hydroxyl groups excluding tert-OH is 3. The van der Waals surface area contributed by atoms with Crippen LogP contribution in [-0.4, -0.2) is 85.3 Å².